The molecule has 0 aromatic carbocycles. The van der Waals surface area contributed by atoms with Crippen LogP contribution in [-0.4, -0.2) is 12.5 Å². The number of carbonyl (C=O) groups is 1. The summed E-state index contributed by atoms with van der Waals surface area (Å²) in [6.45, 7) is 0.503. The van der Waals surface area contributed by atoms with Gasteiger partial charge in [-0.05, 0) is 12.8 Å². The molecule has 1 heterocycles. The van der Waals surface area contributed by atoms with Gasteiger partial charge < -0.3 is 4.74 Å². The molecule has 0 aromatic rings. The molecule has 1 aliphatic heterocycles. The predicted molar refractivity (Wildman–Crippen MR) is 48.7 cm³/mol. The van der Waals surface area contributed by atoms with Crippen LogP contribution >= 0.6 is 0 Å². The molecule has 14 heavy (non-hydrogen) atoms. The van der Waals surface area contributed by atoms with E-state index in [4.69, 9.17) is 10.00 Å². The molecule has 74 valence electrons. The second-order valence-corrected chi connectivity index (χ2v) is 3.64. The quantitative estimate of drug-likeness (QED) is 0.711. The van der Waals surface area contributed by atoms with Crippen molar-refractivity contribution in [2.75, 3.05) is 6.61 Å². The molecule has 2 rings (SSSR count). The highest BCUT2D eigenvalue weighted by Crippen LogP contribution is 2.27. The van der Waals surface area contributed by atoms with Gasteiger partial charge in [0.25, 0.3) is 0 Å². The summed E-state index contributed by atoms with van der Waals surface area (Å²) < 4.78 is 5.17. The van der Waals surface area contributed by atoms with Gasteiger partial charge in [-0.2, -0.15) is 5.26 Å². The van der Waals surface area contributed by atoms with Crippen molar-refractivity contribution in [3.05, 3.63) is 11.5 Å². The minimum Gasteiger partial charge on any atom is -0.478 e. The number of nitrogens with zero attached hydrogens (tertiary/aromatic N) is 1. The molecule has 1 saturated carbocycles. The molecular weight excluding hydrogens is 180 g/mol. The van der Waals surface area contributed by atoms with Crippen LogP contribution in [0.5, 0.6) is 0 Å². The van der Waals surface area contributed by atoms with Crippen molar-refractivity contribution in [1.29, 1.82) is 5.26 Å². The molecule has 0 radical (unpaired) electrons. The van der Waals surface area contributed by atoms with Crippen molar-refractivity contribution in [3.8, 4) is 6.07 Å². The van der Waals surface area contributed by atoms with Crippen LogP contribution in [0.4, 0.5) is 0 Å². The molecule has 0 saturated heterocycles. The monoisotopic (exact) mass is 192 g/mol. The fraction of sp³-hybridized carbons (Fsp3) is 0.600. The topological polar surface area (TPSA) is 62.1 Å². The van der Waals surface area contributed by atoms with E-state index in [0.717, 1.165) is 19.3 Å². The van der Waals surface area contributed by atoms with Crippen LogP contribution in [0.15, 0.2) is 11.5 Å². The second-order valence-electron chi connectivity index (χ2n) is 3.64. The number of nitriles is 1. The summed E-state index contributed by atoms with van der Waals surface area (Å²) in [6.07, 6.45) is 3.65. The molecule has 2 aliphatic rings. The third-order valence-electron chi connectivity index (χ3n) is 2.72. The first-order valence-electron chi connectivity index (χ1n) is 4.88. The van der Waals surface area contributed by atoms with E-state index in [1.54, 1.807) is 0 Å². The summed E-state index contributed by atoms with van der Waals surface area (Å²) in [6, 6.07) is 2.03. The first-order valence-corrected chi connectivity index (χ1v) is 4.88. The van der Waals surface area contributed by atoms with Crippen LogP contribution in [0, 0.1) is 17.2 Å². The van der Waals surface area contributed by atoms with Crippen molar-refractivity contribution in [3.63, 3.8) is 0 Å². The molecule has 0 bridgehead atoms. The second kappa shape index (κ2) is 3.70. The number of amides is 1. The minimum absolute atomic E-state index is 0.000833. The maximum Gasteiger partial charge on any atom is 0.229 e. The van der Waals surface area contributed by atoms with E-state index in [2.05, 4.69) is 5.32 Å². The van der Waals surface area contributed by atoms with E-state index in [9.17, 15) is 4.79 Å². The Bertz CT molecular complexity index is 324. The lowest BCUT2D eigenvalue weighted by Gasteiger charge is -2.24. The lowest BCUT2D eigenvalue weighted by Crippen LogP contribution is -2.34. The molecule has 1 amide bonds. The number of carbonyl (C=O) groups excluding carboxylic acids is 1. The summed E-state index contributed by atoms with van der Waals surface area (Å²) in [5.74, 6) is 0.511. The van der Waals surface area contributed by atoms with Crippen LogP contribution in [0.2, 0.25) is 0 Å². The molecular formula is C10H12N2O2. The summed E-state index contributed by atoms with van der Waals surface area (Å²) >= 11 is 0. The van der Waals surface area contributed by atoms with Crippen molar-refractivity contribution in [2.24, 2.45) is 5.92 Å². The SMILES string of the molecule is N#CC1=C(NC(=O)C2CCC2)OCC1. The maximum absolute atomic E-state index is 11.5. The summed E-state index contributed by atoms with van der Waals surface area (Å²) in [5.41, 5.74) is 0.553. The van der Waals surface area contributed by atoms with Gasteiger partial charge in [-0.15, -0.1) is 0 Å². The van der Waals surface area contributed by atoms with Crippen LogP contribution in [0.25, 0.3) is 0 Å². The third-order valence-corrected chi connectivity index (χ3v) is 2.72. The van der Waals surface area contributed by atoms with E-state index in [-0.39, 0.29) is 11.8 Å². The van der Waals surface area contributed by atoms with Crippen LogP contribution in [0.3, 0.4) is 0 Å². The standard InChI is InChI=1S/C10H12N2O2/c11-6-8-4-5-14-10(8)12-9(13)7-2-1-3-7/h7H,1-5H2,(H,12,13). The number of rotatable bonds is 2. The van der Waals surface area contributed by atoms with E-state index in [0.29, 0.717) is 24.5 Å². The number of hydrogen-bond donors (Lipinski definition) is 1. The Hall–Kier alpha value is -1.50. The number of ether oxygens (including phenoxy) is 1. The lowest BCUT2D eigenvalue weighted by atomic mass is 9.85. The average Bonchev–Trinajstić information content (AvgIpc) is 2.48. The zero-order valence-electron chi connectivity index (χ0n) is 7.88. The Kier molecular flexibility index (Phi) is 2.40. The van der Waals surface area contributed by atoms with Gasteiger partial charge >= 0.3 is 0 Å². The van der Waals surface area contributed by atoms with Crippen LogP contribution < -0.4 is 5.32 Å². The van der Waals surface area contributed by atoms with Gasteiger partial charge in [-0.3, -0.25) is 10.1 Å². The Morgan fingerprint density at radius 3 is 2.93 bits per heavy atom. The summed E-state index contributed by atoms with van der Waals surface area (Å²) in [5, 5.41) is 11.4. The molecule has 0 spiro atoms. The zero-order chi connectivity index (χ0) is 9.97. The fourth-order valence-electron chi connectivity index (χ4n) is 1.56. The van der Waals surface area contributed by atoms with E-state index >= 15 is 0 Å². The van der Waals surface area contributed by atoms with Gasteiger partial charge in [0.2, 0.25) is 11.8 Å². The van der Waals surface area contributed by atoms with Crippen molar-refractivity contribution in [1.82, 2.24) is 5.32 Å². The van der Waals surface area contributed by atoms with Crippen LogP contribution in [-0.2, 0) is 9.53 Å². The Morgan fingerprint density at radius 2 is 2.36 bits per heavy atom. The first kappa shape index (κ1) is 9.07. The maximum atomic E-state index is 11.5. The van der Waals surface area contributed by atoms with E-state index in [1.165, 1.54) is 0 Å². The molecule has 4 nitrogen and oxygen atoms in total. The molecule has 1 N–H and O–H groups in total. The minimum atomic E-state index is 0.000833. The fourth-order valence-corrected chi connectivity index (χ4v) is 1.56. The van der Waals surface area contributed by atoms with E-state index < -0.39 is 0 Å². The van der Waals surface area contributed by atoms with Crippen molar-refractivity contribution in [2.45, 2.75) is 25.7 Å². The predicted octanol–water partition coefficient (Wildman–Crippen LogP) is 1.06. The Morgan fingerprint density at radius 1 is 1.57 bits per heavy atom. The molecule has 0 aromatic heterocycles. The van der Waals surface area contributed by atoms with Crippen molar-refractivity contribution < 1.29 is 9.53 Å². The molecule has 1 aliphatic carbocycles. The average molecular weight is 192 g/mol. The summed E-state index contributed by atoms with van der Waals surface area (Å²) in [7, 11) is 0. The highest BCUT2D eigenvalue weighted by atomic mass is 16.5. The zero-order valence-corrected chi connectivity index (χ0v) is 7.88. The molecule has 0 atom stereocenters. The molecule has 0 unspecified atom stereocenters. The highest BCUT2D eigenvalue weighted by Gasteiger charge is 2.27. The number of nitrogens with one attached hydrogen (secondary N) is 1. The highest BCUT2D eigenvalue weighted by molar-refractivity contribution is 5.81. The lowest BCUT2D eigenvalue weighted by molar-refractivity contribution is -0.127. The normalized spacial score (nSPS) is 21.1. The van der Waals surface area contributed by atoms with Gasteiger partial charge in [0.15, 0.2) is 0 Å². The van der Waals surface area contributed by atoms with Crippen LogP contribution in [0.1, 0.15) is 25.7 Å². The van der Waals surface area contributed by atoms with Gasteiger partial charge in [-0.25, -0.2) is 0 Å². The first-order chi connectivity index (χ1) is 6.81. The molecule has 1 fully saturated rings. The third kappa shape index (κ3) is 1.58. The van der Waals surface area contributed by atoms with E-state index in [1.807, 2.05) is 6.07 Å². The molecule has 4 heteroatoms. The largest absolute Gasteiger partial charge is 0.478 e. The van der Waals surface area contributed by atoms with Gasteiger partial charge in [-0.1, -0.05) is 6.42 Å². The van der Waals surface area contributed by atoms with Crippen molar-refractivity contribution >= 4 is 5.91 Å². The van der Waals surface area contributed by atoms with Gasteiger partial charge in [0, 0.05) is 12.3 Å². The van der Waals surface area contributed by atoms with Gasteiger partial charge in [0.1, 0.15) is 6.07 Å². The summed E-state index contributed by atoms with van der Waals surface area (Å²) in [4.78, 5) is 11.5. The Balaban J connectivity index is 1.96. The Labute approximate surface area is 82.5 Å². The number of hydrogen-bond acceptors (Lipinski definition) is 3. The van der Waals surface area contributed by atoms with Gasteiger partial charge in [0.05, 0.1) is 12.2 Å². The smallest absolute Gasteiger partial charge is 0.229 e.